The van der Waals surface area contributed by atoms with E-state index in [1.54, 1.807) is 24.3 Å². The topological polar surface area (TPSA) is 77.1 Å². The Morgan fingerprint density at radius 3 is 1.96 bits per heavy atom. The number of nitrogens with one attached hydrogen (secondary N) is 1. The van der Waals surface area contributed by atoms with E-state index in [-0.39, 0.29) is 18.2 Å². The lowest BCUT2D eigenvalue weighted by atomic mass is 9.85. The van der Waals surface area contributed by atoms with Gasteiger partial charge in [-0.3, -0.25) is 4.79 Å². The van der Waals surface area contributed by atoms with Crippen molar-refractivity contribution in [2.45, 2.75) is 70.3 Å². The van der Waals surface area contributed by atoms with Crippen molar-refractivity contribution in [3.05, 3.63) is 131 Å². The molecule has 1 saturated heterocycles. The Kier molecular flexibility index (Phi) is 11.6. The molecule has 7 nitrogen and oxygen atoms in total. The van der Waals surface area contributed by atoms with E-state index in [4.69, 9.17) is 13.6 Å². The molecule has 4 aromatic rings. The van der Waals surface area contributed by atoms with Crippen LogP contribution in [-0.2, 0) is 14.0 Å². The Hall–Kier alpha value is -4.33. The second-order valence-corrected chi connectivity index (χ2v) is 23.5. The Morgan fingerprint density at radius 1 is 0.800 bits per heavy atom. The van der Waals surface area contributed by atoms with Gasteiger partial charge in [0.25, 0.3) is 0 Å². The van der Waals surface area contributed by atoms with Crippen molar-refractivity contribution in [3.8, 4) is 5.75 Å². The standard InChI is InChI=1S/C39H46F2N2O5Si2/c1-49(2,3)47-33-22-14-29(15-23-33)37(42-32-20-18-31(41)19-21-32)34(24-25-36(48-50(4,5)6)28-12-16-30(40)17-13-28)38(44)43-35(26-46-39(43)45)27-10-8-7-9-11-27/h7-23,34-37,42H,24-26H2,1-6H3/t34-,35-,36+,37+/m1/s1. The van der Waals surface area contributed by atoms with Crippen molar-refractivity contribution in [2.75, 3.05) is 11.9 Å². The van der Waals surface area contributed by atoms with E-state index in [1.807, 2.05) is 54.6 Å². The molecule has 4 aromatic carbocycles. The van der Waals surface area contributed by atoms with Crippen LogP contribution in [0.3, 0.4) is 0 Å². The number of imide groups is 1. The van der Waals surface area contributed by atoms with E-state index in [0.29, 0.717) is 18.5 Å². The molecule has 0 aliphatic carbocycles. The van der Waals surface area contributed by atoms with Crippen LogP contribution in [0.1, 0.15) is 47.7 Å². The normalized spacial score (nSPS) is 16.8. The molecule has 0 saturated carbocycles. The van der Waals surface area contributed by atoms with E-state index in [9.17, 15) is 18.4 Å². The van der Waals surface area contributed by atoms with Gasteiger partial charge in [-0.1, -0.05) is 54.6 Å². The number of amides is 2. The summed E-state index contributed by atoms with van der Waals surface area (Å²) in [6.07, 6.45) is -0.430. The second-order valence-electron chi connectivity index (χ2n) is 14.6. The maximum absolute atomic E-state index is 15.0. The summed E-state index contributed by atoms with van der Waals surface area (Å²) in [5.41, 5.74) is 2.98. The molecule has 1 N–H and O–H groups in total. The quantitative estimate of drug-likeness (QED) is 0.131. The number of cyclic esters (lactones) is 1. The number of rotatable bonds is 14. The van der Waals surface area contributed by atoms with Gasteiger partial charge in [-0.15, -0.1) is 0 Å². The van der Waals surface area contributed by atoms with Crippen LogP contribution in [0.15, 0.2) is 103 Å². The van der Waals surface area contributed by atoms with Crippen molar-refractivity contribution >= 4 is 34.3 Å². The monoisotopic (exact) mass is 716 g/mol. The van der Waals surface area contributed by atoms with E-state index >= 15 is 0 Å². The Bertz CT molecular complexity index is 1730. The van der Waals surface area contributed by atoms with E-state index in [0.717, 1.165) is 22.4 Å². The molecule has 264 valence electrons. The first-order valence-corrected chi connectivity index (χ1v) is 23.8. The molecular weight excluding hydrogens is 671 g/mol. The molecule has 0 unspecified atom stereocenters. The number of carbonyl (C=O) groups excluding carboxylic acids is 2. The summed E-state index contributed by atoms with van der Waals surface area (Å²) in [5, 5.41) is 3.50. The highest BCUT2D eigenvalue weighted by molar-refractivity contribution is 6.70. The van der Waals surface area contributed by atoms with E-state index in [1.165, 1.54) is 29.2 Å². The van der Waals surface area contributed by atoms with Crippen LogP contribution in [0.25, 0.3) is 0 Å². The van der Waals surface area contributed by atoms with Gasteiger partial charge in [-0.25, -0.2) is 18.5 Å². The average molecular weight is 717 g/mol. The third-order valence-corrected chi connectivity index (χ3v) is 10.2. The fraction of sp³-hybridized carbons (Fsp3) is 0.333. The molecule has 5 rings (SSSR count). The van der Waals surface area contributed by atoms with Crippen molar-refractivity contribution in [1.29, 1.82) is 0 Å². The molecule has 1 aliphatic rings. The van der Waals surface area contributed by atoms with Gasteiger partial charge in [-0.2, -0.15) is 0 Å². The SMILES string of the molecule is C[Si](C)(C)Oc1ccc([C@H](Nc2ccc(F)cc2)[C@@H](CC[C@H](O[Si](C)(C)C)c2ccc(F)cc2)C(=O)N2C(=O)OC[C@@H]2c2ccccc2)cc1. The summed E-state index contributed by atoms with van der Waals surface area (Å²) in [5.74, 6) is -1.23. The second kappa shape index (κ2) is 15.7. The van der Waals surface area contributed by atoms with Crippen LogP contribution in [0.4, 0.5) is 19.3 Å². The number of benzene rings is 4. The highest BCUT2D eigenvalue weighted by Crippen LogP contribution is 2.39. The van der Waals surface area contributed by atoms with E-state index in [2.05, 4.69) is 44.6 Å². The van der Waals surface area contributed by atoms with Gasteiger partial charge in [0.2, 0.25) is 14.2 Å². The third-order valence-electron chi connectivity index (χ3n) is 8.32. The highest BCUT2D eigenvalue weighted by Gasteiger charge is 2.44. The van der Waals surface area contributed by atoms with Crippen LogP contribution in [-0.4, -0.2) is 40.1 Å². The first-order chi connectivity index (χ1) is 23.7. The lowest BCUT2D eigenvalue weighted by Gasteiger charge is -2.34. The molecule has 2 amide bonds. The van der Waals surface area contributed by atoms with Gasteiger partial charge in [0.05, 0.1) is 18.1 Å². The largest absolute Gasteiger partial charge is 0.544 e. The van der Waals surface area contributed by atoms with Crippen molar-refractivity contribution in [2.24, 2.45) is 5.92 Å². The highest BCUT2D eigenvalue weighted by atomic mass is 28.4. The summed E-state index contributed by atoms with van der Waals surface area (Å²) < 4.78 is 46.3. The smallest absolute Gasteiger partial charge is 0.417 e. The number of anilines is 1. The van der Waals surface area contributed by atoms with Crippen LogP contribution >= 0.6 is 0 Å². The van der Waals surface area contributed by atoms with Gasteiger partial charge in [0.1, 0.15) is 30.0 Å². The van der Waals surface area contributed by atoms with Crippen molar-refractivity contribution in [3.63, 3.8) is 0 Å². The summed E-state index contributed by atoms with van der Waals surface area (Å²) in [6, 6.07) is 27.9. The summed E-state index contributed by atoms with van der Waals surface area (Å²) >= 11 is 0. The van der Waals surface area contributed by atoms with Gasteiger partial charge < -0.3 is 18.9 Å². The van der Waals surface area contributed by atoms with E-state index < -0.39 is 52.7 Å². The molecule has 0 radical (unpaired) electrons. The summed E-state index contributed by atoms with van der Waals surface area (Å²) in [7, 11) is -4.01. The first kappa shape index (κ1) is 36.9. The first-order valence-electron chi connectivity index (χ1n) is 17.0. The maximum Gasteiger partial charge on any atom is 0.417 e. The molecular formula is C39H46F2N2O5Si2. The summed E-state index contributed by atoms with van der Waals surface area (Å²) in [4.78, 5) is 29.6. The minimum atomic E-state index is -2.12. The molecule has 0 spiro atoms. The fourth-order valence-corrected chi connectivity index (χ4v) is 8.12. The molecule has 50 heavy (non-hydrogen) atoms. The average Bonchev–Trinajstić information content (AvgIpc) is 3.45. The molecule has 0 aromatic heterocycles. The predicted molar refractivity (Wildman–Crippen MR) is 197 cm³/mol. The van der Waals surface area contributed by atoms with Crippen LogP contribution in [0.5, 0.6) is 5.75 Å². The van der Waals surface area contributed by atoms with Crippen molar-refractivity contribution < 1.29 is 32.0 Å². The number of hydrogen-bond acceptors (Lipinski definition) is 6. The minimum Gasteiger partial charge on any atom is -0.544 e. The maximum atomic E-state index is 15.0. The predicted octanol–water partition coefficient (Wildman–Crippen LogP) is 10.0. The molecule has 0 bridgehead atoms. The zero-order chi connectivity index (χ0) is 36.1. The molecule has 1 heterocycles. The number of nitrogens with zero attached hydrogens (tertiary/aromatic N) is 1. The Morgan fingerprint density at radius 2 is 1.38 bits per heavy atom. The third kappa shape index (κ3) is 9.89. The van der Waals surface area contributed by atoms with Gasteiger partial charge in [-0.05, 0) is 117 Å². The van der Waals surface area contributed by atoms with Crippen LogP contribution in [0.2, 0.25) is 39.3 Å². The lowest BCUT2D eigenvalue weighted by Crippen LogP contribution is -2.42. The van der Waals surface area contributed by atoms with Crippen LogP contribution in [0, 0.1) is 17.6 Å². The van der Waals surface area contributed by atoms with Gasteiger partial charge in [0.15, 0.2) is 8.32 Å². The Balaban J connectivity index is 1.58. The Labute approximate surface area is 295 Å². The molecule has 1 fully saturated rings. The zero-order valence-electron chi connectivity index (χ0n) is 29.5. The minimum absolute atomic E-state index is 0.0387. The van der Waals surface area contributed by atoms with Gasteiger partial charge >= 0.3 is 6.09 Å². The van der Waals surface area contributed by atoms with Crippen LogP contribution < -0.4 is 9.74 Å². The number of ether oxygens (including phenoxy) is 1. The molecule has 1 aliphatic heterocycles. The fourth-order valence-electron chi connectivity index (χ4n) is 6.16. The number of halogens is 2. The molecule has 4 atom stereocenters. The van der Waals surface area contributed by atoms with Gasteiger partial charge in [0, 0.05) is 5.69 Å². The lowest BCUT2D eigenvalue weighted by molar-refractivity contribution is -0.134. The number of carbonyl (C=O) groups is 2. The summed E-state index contributed by atoms with van der Waals surface area (Å²) in [6.45, 7) is 12.6. The zero-order valence-corrected chi connectivity index (χ0v) is 31.5. The molecule has 11 heteroatoms. The van der Waals surface area contributed by atoms with Crippen molar-refractivity contribution in [1.82, 2.24) is 4.90 Å². The number of hydrogen-bond donors (Lipinski definition) is 1.